The zero-order valence-electron chi connectivity index (χ0n) is 13.8. The van der Waals surface area contributed by atoms with Crippen LogP contribution in [0, 0.1) is 5.92 Å². The zero-order valence-corrected chi connectivity index (χ0v) is 13.8. The number of piperidine rings is 1. The second-order valence-corrected chi connectivity index (χ2v) is 6.07. The Hall–Kier alpha value is -2.38. The first kappa shape index (κ1) is 17.4. The number of amides is 1. The van der Waals surface area contributed by atoms with E-state index in [1.54, 1.807) is 29.2 Å². The van der Waals surface area contributed by atoms with Crippen LogP contribution >= 0.6 is 0 Å². The molecule has 1 aromatic heterocycles. The minimum atomic E-state index is -4.62. The van der Waals surface area contributed by atoms with Gasteiger partial charge in [0.2, 0.25) is 11.7 Å². The van der Waals surface area contributed by atoms with Gasteiger partial charge in [-0.25, -0.2) is 9.97 Å². The number of carbonyl (C=O) groups is 1. The van der Waals surface area contributed by atoms with Gasteiger partial charge in [0.05, 0.1) is 11.4 Å². The highest BCUT2D eigenvalue weighted by molar-refractivity contribution is 5.90. The van der Waals surface area contributed by atoms with Crippen molar-refractivity contribution in [2.24, 2.45) is 5.92 Å². The number of nitrogens with one attached hydrogen (secondary N) is 1. The zero-order chi connectivity index (χ0) is 18.0. The predicted molar refractivity (Wildman–Crippen MR) is 88.2 cm³/mol. The molecule has 134 valence electrons. The van der Waals surface area contributed by atoms with Gasteiger partial charge in [-0.05, 0) is 31.9 Å². The van der Waals surface area contributed by atoms with Crippen LogP contribution in [0.1, 0.15) is 25.6 Å². The summed E-state index contributed by atoms with van der Waals surface area (Å²) < 4.78 is 39.5. The molecule has 0 spiro atoms. The van der Waals surface area contributed by atoms with Crippen molar-refractivity contribution < 1.29 is 18.0 Å². The number of fused-ring (bicyclic) bond motifs is 1. The molecule has 1 aliphatic rings. The standard InChI is InChI=1S/C17H19F3N4O/c1-2-21-15(25)11-6-5-9-24(10-11)14-12-7-3-4-8-13(12)22-16(23-14)17(18,19)20/h3-4,7-8,11H,2,5-6,9-10H2,1H3,(H,21,25). The molecule has 0 bridgehead atoms. The monoisotopic (exact) mass is 352 g/mol. The molecule has 2 aromatic rings. The Morgan fingerprint density at radius 1 is 1.32 bits per heavy atom. The van der Waals surface area contributed by atoms with Gasteiger partial charge in [-0.2, -0.15) is 13.2 Å². The molecule has 8 heteroatoms. The molecule has 1 aromatic carbocycles. The third kappa shape index (κ3) is 3.67. The van der Waals surface area contributed by atoms with Gasteiger partial charge in [0, 0.05) is 25.0 Å². The Morgan fingerprint density at radius 3 is 2.80 bits per heavy atom. The summed E-state index contributed by atoms with van der Waals surface area (Å²) in [4.78, 5) is 21.3. The average Bonchev–Trinajstić information content (AvgIpc) is 2.60. The third-order valence-corrected chi connectivity index (χ3v) is 4.28. The predicted octanol–water partition coefficient (Wildman–Crippen LogP) is 3.00. The molecule has 1 fully saturated rings. The van der Waals surface area contributed by atoms with Gasteiger partial charge in [0.25, 0.3) is 0 Å². The summed E-state index contributed by atoms with van der Waals surface area (Å²) in [5, 5.41) is 3.34. The number of rotatable bonds is 3. The highest BCUT2D eigenvalue weighted by Crippen LogP contribution is 2.33. The number of halogens is 3. The summed E-state index contributed by atoms with van der Waals surface area (Å²) in [6, 6.07) is 6.64. The van der Waals surface area contributed by atoms with E-state index >= 15 is 0 Å². The quantitative estimate of drug-likeness (QED) is 0.923. The second-order valence-electron chi connectivity index (χ2n) is 6.07. The molecule has 0 aliphatic carbocycles. The second kappa shape index (κ2) is 6.85. The van der Waals surface area contributed by atoms with Gasteiger partial charge in [0.1, 0.15) is 5.82 Å². The van der Waals surface area contributed by atoms with Crippen LogP contribution in [-0.2, 0) is 11.0 Å². The lowest BCUT2D eigenvalue weighted by Crippen LogP contribution is -2.43. The highest BCUT2D eigenvalue weighted by Gasteiger charge is 2.36. The van der Waals surface area contributed by atoms with Crippen molar-refractivity contribution in [3.8, 4) is 0 Å². The van der Waals surface area contributed by atoms with E-state index in [9.17, 15) is 18.0 Å². The van der Waals surface area contributed by atoms with Crippen LogP contribution in [0.3, 0.4) is 0 Å². The van der Waals surface area contributed by atoms with Crippen molar-refractivity contribution in [1.82, 2.24) is 15.3 Å². The Morgan fingerprint density at radius 2 is 2.08 bits per heavy atom. The minimum Gasteiger partial charge on any atom is -0.356 e. The van der Waals surface area contributed by atoms with Gasteiger partial charge in [0.15, 0.2) is 0 Å². The van der Waals surface area contributed by atoms with Gasteiger partial charge in [-0.1, -0.05) is 12.1 Å². The number of anilines is 1. The van der Waals surface area contributed by atoms with Crippen LogP contribution < -0.4 is 10.2 Å². The number of carbonyl (C=O) groups excluding carboxylic acids is 1. The molecule has 25 heavy (non-hydrogen) atoms. The minimum absolute atomic E-state index is 0.0680. The molecule has 1 amide bonds. The number of hydrogen-bond acceptors (Lipinski definition) is 4. The number of aromatic nitrogens is 2. The van der Waals surface area contributed by atoms with Crippen LogP contribution in [0.4, 0.5) is 19.0 Å². The maximum Gasteiger partial charge on any atom is 0.451 e. The largest absolute Gasteiger partial charge is 0.451 e. The van der Waals surface area contributed by atoms with E-state index in [0.717, 1.165) is 12.8 Å². The maximum atomic E-state index is 13.2. The topological polar surface area (TPSA) is 58.1 Å². The van der Waals surface area contributed by atoms with E-state index < -0.39 is 12.0 Å². The van der Waals surface area contributed by atoms with Crippen LogP contribution in [0.15, 0.2) is 24.3 Å². The molecule has 1 saturated heterocycles. The summed E-state index contributed by atoms with van der Waals surface area (Å²) in [7, 11) is 0. The fraction of sp³-hybridized carbons (Fsp3) is 0.471. The molecule has 0 saturated carbocycles. The van der Waals surface area contributed by atoms with Crippen LogP contribution in [-0.4, -0.2) is 35.5 Å². The first-order valence-corrected chi connectivity index (χ1v) is 8.26. The van der Waals surface area contributed by atoms with Crippen LogP contribution in [0.5, 0.6) is 0 Å². The van der Waals surface area contributed by atoms with Crippen molar-refractivity contribution in [2.75, 3.05) is 24.5 Å². The van der Waals surface area contributed by atoms with E-state index in [1.807, 2.05) is 6.92 Å². The first-order chi connectivity index (χ1) is 11.9. The molecule has 1 atom stereocenters. The SMILES string of the molecule is CCNC(=O)C1CCCN(c2nc(C(F)(F)F)nc3ccccc23)C1. The Balaban J connectivity index is 2.00. The summed E-state index contributed by atoms with van der Waals surface area (Å²) >= 11 is 0. The first-order valence-electron chi connectivity index (χ1n) is 8.26. The van der Waals surface area contributed by atoms with Gasteiger partial charge < -0.3 is 10.2 Å². The van der Waals surface area contributed by atoms with E-state index in [4.69, 9.17) is 0 Å². The number of hydrogen-bond donors (Lipinski definition) is 1. The number of benzene rings is 1. The molecular weight excluding hydrogens is 333 g/mol. The molecule has 5 nitrogen and oxygen atoms in total. The molecule has 2 heterocycles. The lowest BCUT2D eigenvalue weighted by Gasteiger charge is -2.33. The number of para-hydroxylation sites is 1. The normalized spacial score (nSPS) is 18.4. The summed E-state index contributed by atoms with van der Waals surface area (Å²) in [5.74, 6) is -1.23. The van der Waals surface area contributed by atoms with Crippen molar-refractivity contribution in [3.63, 3.8) is 0 Å². The molecule has 0 radical (unpaired) electrons. The van der Waals surface area contributed by atoms with Crippen LogP contribution in [0.2, 0.25) is 0 Å². The van der Waals surface area contributed by atoms with E-state index in [2.05, 4.69) is 15.3 Å². The summed E-state index contributed by atoms with van der Waals surface area (Å²) in [5.41, 5.74) is 0.250. The molecular formula is C17H19F3N4O. The van der Waals surface area contributed by atoms with Crippen LogP contribution in [0.25, 0.3) is 10.9 Å². The van der Waals surface area contributed by atoms with E-state index in [1.165, 1.54) is 0 Å². The smallest absolute Gasteiger partial charge is 0.356 e. The maximum absolute atomic E-state index is 13.2. The molecule has 3 rings (SSSR count). The van der Waals surface area contributed by atoms with Gasteiger partial charge in [-0.3, -0.25) is 4.79 Å². The van der Waals surface area contributed by atoms with Crippen molar-refractivity contribution in [3.05, 3.63) is 30.1 Å². The van der Waals surface area contributed by atoms with E-state index in [0.29, 0.717) is 25.0 Å². The fourth-order valence-electron chi connectivity index (χ4n) is 3.13. The Bertz CT molecular complexity index is 778. The van der Waals surface area contributed by atoms with Gasteiger partial charge >= 0.3 is 6.18 Å². The Kier molecular flexibility index (Phi) is 4.78. The van der Waals surface area contributed by atoms with Gasteiger partial charge in [-0.15, -0.1) is 0 Å². The highest BCUT2D eigenvalue weighted by atomic mass is 19.4. The van der Waals surface area contributed by atoms with Crippen molar-refractivity contribution in [1.29, 1.82) is 0 Å². The number of nitrogens with zero attached hydrogens (tertiary/aromatic N) is 3. The molecule has 1 N–H and O–H groups in total. The third-order valence-electron chi connectivity index (χ3n) is 4.28. The molecule has 1 unspecified atom stereocenters. The van der Waals surface area contributed by atoms with Crippen molar-refractivity contribution >= 4 is 22.6 Å². The lowest BCUT2D eigenvalue weighted by molar-refractivity contribution is -0.144. The average molecular weight is 352 g/mol. The number of alkyl halides is 3. The fourth-order valence-corrected chi connectivity index (χ4v) is 3.13. The summed E-state index contributed by atoms with van der Waals surface area (Å²) in [6.07, 6.45) is -3.17. The summed E-state index contributed by atoms with van der Waals surface area (Å²) in [6.45, 7) is 3.29. The Labute approximate surface area is 143 Å². The lowest BCUT2D eigenvalue weighted by atomic mass is 9.97. The molecule has 1 aliphatic heterocycles. The van der Waals surface area contributed by atoms with E-state index in [-0.39, 0.29) is 23.2 Å². The van der Waals surface area contributed by atoms with Crippen molar-refractivity contribution in [2.45, 2.75) is 25.9 Å².